The highest BCUT2D eigenvalue weighted by atomic mass is 32.1. The monoisotopic (exact) mass is 472 g/mol. The highest BCUT2D eigenvalue weighted by Crippen LogP contribution is 2.36. The van der Waals surface area contributed by atoms with Crippen molar-refractivity contribution in [2.45, 2.75) is 19.9 Å². The predicted octanol–water partition coefficient (Wildman–Crippen LogP) is 3.82. The maximum absolute atomic E-state index is 14.3. The lowest BCUT2D eigenvalue weighted by Crippen LogP contribution is -2.48. The van der Waals surface area contributed by atoms with Gasteiger partial charge in [-0.1, -0.05) is 24.3 Å². The van der Waals surface area contributed by atoms with Gasteiger partial charge in [0, 0.05) is 12.8 Å². The molecule has 0 amide bonds. The minimum Gasteiger partial charge on any atom is -0.465 e. The van der Waals surface area contributed by atoms with E-state index in [1.165, 1.54) is 20.3 Å². The maximum Gasteiger partial charge on any atom is 0.338 e. The molecule has 1 atom stereocenters. The number of esters is 2. The zero-order valence-corrected chi connectivity index (χ0v) is 19.6. The fourth-order valence-electron chi connectivity index (χ4n) is 3.61. The molecule has 0 aliphatic carbocycles. The summed E-state index contributed by atoms with van der Waals surface area (Å²) < 4.78 is 29.6. The number of hydrogen-bond donors (Lipinski definition) is 1. The van der Waals surface area contributed by atoms with Crippen molar-refractivity contribution in [1.29, 1.82) is 0 Å². The highest BCUT2D eigenvalue weighted by molar-refractivity contribution is 7.80. The maximum atomic E-state index is 14.3. The average Bonchev–Trinajstić information content (AvgIpc) is 2.80. The lowest BCUT2D eigenvalue weighted by atomic mass is 9.91. The number of rotatable bonds is 7. The molecule has 0 radical (unpaired) electrons. The summed E-state index contributed by atoms with van der Waals surface area (Å²) in [7, 11) is 2.79. The molecule has 0 bridgehead atoms. The number of nitrogens with one attached hydrogen (secondary N) is 1. The molecule has 0 fully saturated rings. The van der Waals surface area contributed by atoms with Crippen LogP contribution in [0, 0.1) is 12.7 Å². The van der Waals surface area contributed by atoms with E-state index in [4.69, 9.17) is 26.4 Å². The molecule has 0 aromatic heterocycles. The lowest BCUT2D eigenvalue weighted by molar-refractivity contribution is -0.140. The van der Waals surface area contributed by atoms with E-state index < -0.39 is 23.8 Å². The van der Waals surface area contributed by atoms with Crippen LogP contribution in [-0.2, 0) is 19.0 Å². The van der Waals surface area contributed by atoms with Gasteiger partial charge in [0.05, 0.1) is 36.6 Å². The number of hydrogen-bond acceptors (Lipinski definition) is 6. The minimum absolute atomic E-state index is 0.0427. The summed E-state index contributed by atoms with van der Waals surface area (Å²) in [6.07, 6.45) is 0. The van der Waals surface area contributed by atoms with Gasteiger partial charge >= 0.3 is 11.9 Å². The van der Waals surface area contributed by atoms with E-state index in [1.54, 1.807) is 55.1 Å². The SMILES string of the molecule is COCCOC(=O)C1=C(C)N(c2ccc(C)c(F)c2)C(=S)NC1c1ccccc1C(=O)OC. The first-order valence-electron chi connectivity index (χ1n) is 10.2. The van der Waals surface area contributed by atoms with Gasteiger partial charge in [0.2, 0.25) is 0 Å². The minimum atomic E-state index is -0.783. The molecule has 174 valence electrons. The molecule has 3 rings (SSSR count). The van der Waals surface area contributed by atoms with Crippen LogP contribution in [0.4, 0.5) is 10.1 Å². The number of thiocarbonyl (C=S) groups is 1. The number of methoxy groups -OCH3 is 2. The van der Waals surface area contributed by atoms with Crippen molar-refractivity contribution in [3.05, 3.63) is 76.2 Å². The number of allylic oxidation sites excluding steroid dienone is 1. The van der Waals surface area contributed by atoms with Crippen molar-refractivity contribution < 1.29 is 28.2 Å². The van der Waals surface area contributed by atoms with E-state index in [-0.39, 0.29) is 29.5 Å². The topological polar surface area (TPSA) is 77.1 Å². The van der Waals surface area contributed by atoms with Gasteiger partial charge < -0.3 is 19.5 Å². The molecular weight excluding hydrogens is 447 g/mol. The molecule has 9 heteroatoms. The molecule has 1 heterocycles. The Bertz CT molecular complexity index is 1120. The van der Waals surface area contributed by atoms with Gasteiger partial charge in [0.25, 0.3) is 0 Å². The molecule has 2 aromatic rings. The Kier molecular flexibility index (Phi) is 7.78. The second kappa shape index (κ2) is 10.5. The van der Waals surface area contributed by atoms with Gasteiger partial charge in [0.1, 0.15) is 12.4 Å². The standard InChI is InChI=1S/C24H25FN2O5S/c1-14-9-10-16(13-19(14)25)27-15(2)20(23(29)32-12-11-30-3)21(26-24(27)33)17-7-5-6-8-18(17)22(28)31-4/h5-10,13,21H,11-12H2,1-4H3,(H,26,33). The van der Waals surface area contributed by atoms with Gasteiger partial charge in [0.15, 0.2) is 5.11 Å². The van der Waals surface area contributed by atoms with Crippen LogP contribution >= 0.6 is 12.2 Å². The van der Waals surface area contributed by atoms with Crippen LogP contribution in [0.1, 0.15) is 34.5 Å². The number of aryl methyl sites for hydroxylation is 1. The molecule has 2 aromatic carbocycles. The Hall–Kier alpha value is -3.30. The van der Waals surface area contributed by atoms with Gasteiger partial charge in [-0.05, 0) is 55.4 Å². The van der Waals surface area contributed by atoms with Crippen molar-refractivity contribution in [2.75, 3.05) is 32.3 Å². The summed E-state index contributed by atoms with van der Waals surface area (Å²) in [5, 5.41) is 3.37. The first-order chi connectivity index (χ1) is 15.8. The summed E-state index contributed by atoms with van der Waals surface area (Å²) in [5.74, 6) is -1.56. The van der Waals surface area contributed by atoms with Crippen LogP contribution in [0.15, 0.2) is 53.7 Å². The van der Waals surface area contributed by atoms with E-state index >= 15 is 0 Å². The Morgan fingerprint density at radius 1 is 1.09 bits per heavy atom. The smallest absolute Gasteiger partial charge is 0.338 e. The van der Waals surface area contributed by atoms with Crippen molar-refractivity contribution in [3.8, 4) is 0 Å². The van der Waals surface area contributed by atoms with Crippen LogP contribution in [0.5, 0.6) is 0 Å². The summed E-state index contributed by atoms with van der Waals surface area (Å²) in [5.41, 5.74) is 2.41. The summed E-state index contributed by atoms with van der Waals surface area (Å²) in [6, 6.07) is 10.7. The highest BCUT2D eigenvalue weighted by Gasteiger charge is 2.37. The third kappa shape index (κ3) is 5.04. The second-order valence-electron chi connectivity index (χ2n) is 7.36. The van der Waals surface area contributed by atoms with Gasteiger partial charge in [-0.2, -0.15) is 0 Å². The van der Waals surface area contributed by atoms with Gasteiger partial charge in [-0.25, -0.2) is 14.0 Å². The lowest BCUT2D eigenvalue weighted by Gasteiger charge is -2.38. The van der Waals surface area contributed by atoms with E-state index in [0.717, 1.165) is 0 Å². The van der Waals surface area contributed by atoms with E-state index in [9.17, 15) is 14.0 Å². The zero-order valence-electron chi connectivity index (χ0n) is 18.8. The molecular formula is C24H25FN2O5S. The van der Waals surface area contributed by atoms with Crippen molar-refractivity contribution in [2.24, 2.45) is 0 Å². The van der Waals surface area contributed by atoms with Crippen molar-refractivity contribution >= 4 is 35.0 Å². The fourth-order valence-corrected chi connectivity index (χ4v) is 3.97. The molecule has 0 saturated carbocycles. The van der Waals surface area contributed by atoms with Gasteiger partial charge in [-0.15, -0.1) is 0 Å². The normalized spacial score (nSPS) is 15.8. The quantitative estimate of drug-likeness (QED) is 0.370. The number of carbonyl (C=O) groups excluding carboxylic acids is 2. The van der Waals surface area contributed by atoms with Crippen LogP contribution in [0.2, 0.25) is 0 Å². The fraction of sp³-hybridized carbons (Fsp3) is 0.292. The predicted molar refractivity (Wildman–Crippen MR) is 125 cm³/mol. The Morgan fingerprint density at radius 3 is 2.48 bits per heavy atom. The molecule has 1 aliphatic rings. The molecule has 7 nitrogen and oxygen atoms in total. The third-order valence-electron chi connectivity index (χ3n) is 5.32. The second-order valence-corrected chi connectivity index (χ2v) is 7.74. The summed E-state index contributed by atoms with van der Waals surface area (Å²) >= 11 is 5.59. The number of ether oxygens (including phenoxy) is 3. The van der Waals surface area contributed by atoms with Crippen LogP contribution < -0.4 is 10.2 Å². The van der Waals surface area contributed by atoms with Crippen LogP contribution in [-0.4, -0.2) is 44.5 Å². The first kappa shape index (κ1) is 24.3. The number of benzene rings is 2. The third-order valence-corrected chi connectivity index (χ3v) is 5.62. The van der Waals surface area contributed by atoms with Crippen LogP contribution in [0.3, 0.4) is 0 Å². The number of anilines is 1. The van der Waals surface area contributed by atoms with E-state index in [1.807, 2.05) is 0 Å². The van der Waals surface area contributed by atoms with E-state index in [2.05, 4.69) is 5.32 Å². The van der Waals surface area contributed by atoms with Crippen LogP contribution in [0.25, 0.3) is 0 Å². The van der Waals surface area contributed by atoms with Crippen molar-refractivity contribution in [1.82, 2.24) is 5.32 Å². The van der Waals surface area contributed by atoms with E-state index in [0.29, 0.717) is 22.5 Å². The summed E-state index contributed by atoms with van der Waals surface area (Å²) in [4.78, 5) is 27.2. The average molecular weight is 473 g/mol. The Morgan fingerprint density at radius 2 is 1.82 bits per heavy atom. The number of halogens is 1. The molecule has 1 unspecified atom stereocenters. The number of carbonyl (C=O) groups is 2. The van der Waals surface area contributed by atoms with Crippen molar-refractivity contribution in [3.63, 3.8) is 0 Å². The molecule has 0 spiro atoms. The Labute approximate surface area is 197 Å². The molecule has 0 saturated heterocycles. The Balaban J connectivity index is 2.16. The van der Waals surface area contributed by atoms with Gasteiger partial charge in [-0.3, -0.25) is 4.90 Å². The largest absolute Gasteiger partial charge is 0.465 e. The molecule has 33 heavy (non-hydrogen) atoms. The number of nitrogens with zero attached hydrogens (tertiary/aromatic N) is 1. The molecule has 1 aliphatic heterocycles. The first-order valence-corrected chi connectivity index (χ1v) is 10.6. The zero-order chi connectivity index (χ0) is 24.1. The summed E-state index contributed by atoms with van der Waals surface area (Å²) in [6.45, 7) is 3.62. The molecule has 1 N–H and O–H groups in total.